The first-order valence-electron chi connectivity index (χ1n) is 6.40. The van der Waals surface area contributed by atoms with Crippen LogP contribution in [0.2, 0.25) is 0 Å². The molecule has 1 atom stereocenters. The van der Waals surface area contributed by atoms with Crippen LogP contribution < -0.4 is 0 Å². The van der Waals surface area contributed by atoms with Crippen LogP contribution >= 0.6 is 0 Å². The first-order chi connectivity index (χ1) is 8.38. The molecule has 19 heavy (non-hydrogen) atoms. The molecule has 0 fully saturated rings. The van der Waals surface area contributed by atoms with Crippen LogP contribution in [0.5, 0.6) is 0 Å². The fourth-order valence-electron chi connectivity index (χ4n) is 1.51. The summed E-state index contributed by atoms with van der Waals surface area (Å²) in [4.78, 5) is 11.9. The molecule has 0 spiro atoms. The van der Waals surface area contributed by atoms with Crippen molar-refractivity contribution >= 4 is 5.78 Å². The highest BCUT2D eigenvalue weighted by atomic mass is 19.4. The maximum absolute atomic E-state index is 12.5. The molecule has 0 radical (unpaired) electrons. The summed E-state index contributed by atoms with van der Waals surface area (Å²) in [6, 6.07) is 0. The van der Waals surface area contributed by atoms with Gasteiger partial charge in [0.15, 0.2) is 5.78 Å². The number of aliphatic hydroxyl groups excluding tert-OH is 1. The van der Waals surface area contributed by atoms with Crippen molar-refractivity contribution in [2.24, 2.45) is 10.8 Å². The van der Waals surface area contributed by atoms with Crippen molar-refractivity contribution in [2.45, 2.75) is 60.1 Å². The van der Waals surface area contributed by atoms with E-state index in [-0.39, 0.29) is 12.2 Å². The van der Waals surface area contributed by atoms with E-state index >= 15 is 0 Å². The van der Waals surface area contributed by atoms with E-state index in [1.165, 1.54) is 6.92 Å². The molecule has 5 heteroatoms. The molecule has 0 aliphatic carbocycles. The van der Waals surface area contributed by atoms with E-state index in [1.807, 2.05) is 6.92 Å². The molecule has 1 unspecified atom stereocenters. The van der Waals surface area contributed by atoms with Gasteiger partial charge in [0.05, 0.1) is 6.42 Å². The van der Waals surface area contributed by atoms with Crippen LogP contribution in [0.3, 0.4) is 0 Å². The third-order valence-electron chi connectivity index (χ3n) is 3.81. The molecular formula is C14H23F3O2. The quantitative estimate of drug-likeness (QED) is 0.560. The number of aliphatic hydroxyl groups is 1. The Balaban J connectivity index is 5.24. The number of rotatable bonds is 6. The lowest BCUT2D eigenvalue weighted by Gasteiger charge is -2.29. The number of ketones is 1. The number of allylic oxidation sites excluding steroid dienone is 2. The SMILES string of the molecule is CCC(C)(C)C(=O)/C=C(\O)C(C)(CC)CC(F)(F)F. The predicted molar refractivity (Wildman–Crippen MR) is 68.9 cm³/mol. The van der Waals surface area contributed by atoms with Gasteiger partial charge in [-0.15, -0.1) is 0 Å². The summed E-state index contributed by atoms with van der Waals surface area (Å²) in [6.45, 7) is 8.10. The summed E-state index contributed by atoms with van der Waals surface area (Å²) in [5.41, 5.74) is -2.13. The Bertz CT molecular complexity index is 356. The van der Waals surface area contributed by atoms with E-state index in [4.69, 9.17) is 0 Å². The van der Waals surface area contributed by atoms with Crippen LogP contribution in [0.15, 0.2) is 11.8 Å². The number of carbonyl (C=O) groups excluding carboxylic acids is 1. The summed E-state index contributed by atoms with van der Waals surface area (Å²) >= 11 is 0. The van der Waals surface area contributed by atoms with Crippen molar-refractivity contribution < 1.29 is 23.1 Å². The van der Waals surface area contributed by atoms with Crippen molar-refractivity contribution in [3.8, 4) is 0 Å². The zero-order valence-corrected chi connectivity index (χ0v) is 12.2. The summed E-state index contributed by atoms with van der Waals surface area (Å²) in [7, 11) is 0. The maximum Gasteiger partial charge on any atom is 0.390 e. The highest BCUT2D eigenvalue weighted by Crippen LogP contribution is 2.41. The monoisotopic (exact) mass is 280 g/mol. The first-order valence-corrected chi connectivity index (χ1v) is 6.40. The van der Waals surface area contributed by atoms with Crippen molar-refractivity contribution in [3.63, 3.8) is 0 Å². The van der Waals surface area contributed by atoms with Crippen molar-refractivity contribution in [3.05, 3.63) is 11.8 Å². The van der Waals surface area contributed by atoms with Crippen molar-refractivity contribution in [1.82, 2.24) is 0 Å². The number of halogens is 3. The Morgan fingerprint density at radius 2 is 1.58 bits per heavy atom. The second-order valence-electron chi connectivity index (χ2n) is 5.84. The number of hydrogen-bond acceptors (Lipinski definition) is 2. The third-order valence-corrected chi connectivity index (χ3v) is 3.81. The fraction of sp³-hybridized carbons (Fsp3) is 0.786. The van der Waals surface area contributed by atoms with Gasteiger partial charge in [-0.2, -0.15) is 13.2 Å². The fourth-order valence-corrected chi connectivity index (χ4v) is 1.51. The summed E-state index contributed by atoms with van der Waals surface area (Å²) in [6.07, 6.45) is -3.90. The predicted octanol–water partition coefficient (Wildman–Crippen LogP) is 4.80. The molecule has 0 aliphatic rings. The van der Waals surface area contributed by atoms with Gasteiger partial charge in [-0.3, -0.25) is 4.79 Å². The number of carbonyl (C=O) groups is 1. The molecule has 1 N–H and O–H groups in total. The van der Waals surface area contributed by atoms with Gasteiger partial charge in [-0.25, -0.2) is 0 Å². The Morgan fingerprint density at radius 1 is 1.11 bits per heavy atom. The molecule has 0 aliphatic heterocycles. The molecule has 0 aromatic heterocycles. The molecule has 0 bridgehead atoms. The van der Waals surface area contributed by atoms with Gasteiger partial charge in [-0.05, 0) is 12.8 Å². The van der Waals surface area contributed by atoms with Crippen LogP contribution in [0, 0.1) is 10.8 Å². The molecule has 2 nitrogen and oxygen atoms in total. The minimum Gasteiger partial charge on any atom is -0.512 e. The highest BCUT2D eigenvalue weighted by Gasteiger charge is 2.41. The van der Waals surface area contributed by atoms with Gasteiger partial charge in [-0.1, -0.05) is 34.6 Å². The van der Waals surface area contributed by atoms with Crippen molar-refractivity contribution in [1.29, 1.82) is 0 Å². The Labute approximate surface area is 112 Å². The average molecular weight is 280 g/mol. The number of alkyl halides is 3. The van der Waals surface area contributed by atoms with Crippen LogP contribution in [-0.4, -0.2) is 17.1 Å². The average Bonchev–Trinajstić information content (AvgIpc) is 2.26. The van der Waals surface area contributed by atoms with Gasteiger partial charge < -0.3 is 5.11 Å². The number of hydrogen-bond donors (Lipinski definition) is 1. The topological polar surface area (TPSA) is 37.3 Å². The first kappa shape index (κ1) is 18.0. The molecule has 0 saturated carbocycles. The van der Waals surface area contributed by atoms with Gasteiger partial charge in [0.25, 0.3) is 0 Å². The zero-order chi connectivity index (χ0) is 15.5. The molecule has 0 heterocycles. The second kappa shape index (κ2) is 5.97. The lowest BCUT2D eigenvalue weighted by Crippen LogP contribution is -2.29. The standard InChI is InChI=1S/C14H23F3O2/c1-6-12(3,4)10(18)8-11(19)13(5,7-2)9-14(15,16)17/h8,19H,6-7,9H2,1-5H3/b11-8-. The minimum absolute atomic E-state index is 0.106. The highest BCUT2D eigenvalue weighted by molar-refractivity contribution is 5.94. The smallest absolute Gasteiger partial charge is 0.390 e. The zero-order valence-electron chi connectivity index (χ0n) is 12.2. The second-order valence-corrected chi connectivity index (χ2v) is 5.84. The minimum atomic E-state index is -4.38. The largest absolute Gasteiger partial charge is 0.512 e. The molecule has 0 amide bonds. The van der Waals surface area contributed by atoms with E-state index in [1.54, 1.807) is 20.8 Å². The van der Waals surface area contributed by atoms with Crippen LogP contribution in [0.4, 0.5) is 13.2 Å². The van der Waals surface area contributed by atoms with Crippen LogP contribution in [0.1, 0.15) is 53.9 Å². The van der Waals surface area contributed by atoms with Crippen LogP contribution in [-0.2, 0) is 4.79 Å². The Hall–Kier alpha value is -1.00. The Morgan fingerprint density at radius 3 is 1.89 bits per heavy atom. The van der Waals surface area contributed by atoms with E-state index in [9.17, 15) is 23.1 Å². The van der Waals surface area contributed by atoms with Crippen molar-refractivity contribution in [2.75, 3.05) is 0 Å². The third kappa shape index (κ3) is 5.25. The molecule has 0 rings (SSSR count). The van der Waals surface area contributed by atoms with Gasteiger partial charge >= 0.3 is 6.18 Å². The van der Waals surface area contributed by atoms with Gasteiger partial charge in [0.1, 0.15) is 5.76 Å². The lowest BCUT2D eigenvalue weighted by atomic mass is 9.78. The van der Waals surface area contributed by atoms with E-state index in [0.717, 1.165) is 6.08 Å². The lowest BCUT2D eigenvalue weighted by molar-refractivity contribution is -0.156. The Kier molecular flexibility index (Phi) is 5.66. The maximum atomic E-state index is 12.5. The normalized spacial score (nSPS) is 17.2. The summed E-state index contributed by atoms with van der Waals surface area (Å²) < 4.78 is 37.5. The molecule has 112 valence electrons. The summed E-state index contributed by atoms with van der Waals surface area (Å²) in [5, 5.41) is 9.90. The molecular weight excluding hydrogens is 257 g/mol. The molecule has 0 saturated heterocycles. The van der Waals surface area contributed by atoms with Crippen LogP contribution in [0.25, 0.3) is 0 Å². The van der Waals surface area contributed by atoms with Gasteiger partial charge in [0.2, 0.25) is 0 Å². The summed E-state index contributed by atoms with van der Waals surface area (Å²) in [5.74, 6) is -0.840. The van der Waals surface area contributed by atoms with E-state index < -0.39 is 29.2 Å². The van der Waals surface area contributed by atoms with E-state index in [2.05, 4.69) is 0 Å². The molecule has 0 aromatic rings. The molecule has 0 aromatic carbocycles. The van der Waals surface area contributed by atoms with Gasteiger partial charge in [0, 0.05) is 16.9 Å². The van der Waals surface area contributed by atoms with E-state index in [0.29, 0.717) is 6.42 Å².